The highest BCUT2D eigenvalue weighted by atomic mass is 16.5. The molecule has 128 valence electrons. The Kier molecular flexibility index (Phi) is 5.35. The lowest BCUT2D eigenvalue weighted by Gasteiger charge is -2.26. The Morgan fingerprint density at radius 2 is 1.91 bits per heavy atom. The third-order valence-electron chi connectivity index (χ3n) is 4.64. The SMILES string of the molecule is CC(C)COc1ccc(C(C)(C)C(=O)NCC2(CO)CC2)cc1. The highest BCUT2D eigenvalue weighted by molar-refractivity contribution is 5.87. The molecule has 1 fully saturated rings. The molecule has 0 heterocycles. The topological polar surface area (TPSA) is 58.6 Å². The third-order valence-corrected chi connectivity index (χ3v) is 4.64. The van der Waals surface area contributed by atoms with Crippen LogP contribution in [0.2, 0.25) is 0 Å². The van der Waals surface area contributed by atoms with Gasteiger partial charge in [0.05, 0.1) is 18.6 Å². The van der Waals surface area contributed by atoms with Crippen molar-refractivity contribution in [1.82, 2.24) is 5.32 Å². The molecule has 0 atom stereocenters. The fourth-order valence-electron chi connectivity index (χ4n) is 2.42. The molecule has 0 saturated heterocycles. The molecule has 0 aromatic heterocycles. The normalized spacial score (nSPS) is 16.3. The van der Waals surface area contributed by atoms with Crippen molar-refractivity contribution < 1.29 is 14.6 Å². The first-order valence-electron chi connectivity index (χ1n) is 8.42. The highest BCUT2D eigenvalue weighted by Gasteiger charge is 2.43. The number of hydrogen-bond acceptors (Lipinski definition) is 3. The molecule has 0 bridgehead atoms. The molecule has 1 aromatic rings. The first-order chi connectivity index (χ1) is 10.8. The van der Waals surface area contributed by atoms with Crippen molar-refractivity contribution in [3.63, 3.8) is 0 Å². The fraction of sp³-hybridized carbons (Fsp3) is 0.632. The second-order valence-corrected chi connectivity index (χ2v) is 7.70. The minimum atomic E-state index is -0.609. The number of carbonyl (C=O) groups excluding carboxylic acids is 1. The molecule has 1 aliphatic carbocycles. The smallest absolute Gasteiger partial charge is 0.230 e. The van der Waals surface area contributed by atoms with Gasteiger partial charge in [-0.05, 0) is 50.3 Å². The maximum absolute atomic E-state index is 12.5. The zero-order valence-corrected chi connectivity index (χ0v) is 14.7. The summed E-state index contributed by atoms with van der Waals surface area (Å²) in [5, 5.41) is 12.3. The first kappa shape index (κ1) is 17.8. The monoisotopic (exact) mass is 319 g/mol. The van der Waals surface area contributed by atoms with Crippen LogP contribution in [-0.4, -0.2) is 30.8 Å². The Balaban J connectivity index is 1.96. The average Bonchev–Trinajstić information content (AvgIpc) is 3.31. The number of hydrogen-bond donors (Lipinski definition) is 2. The number of aliphatic hydroxyl groups excluding tert-OH is 1. The lowest BCUT2D eigenvalue weighted by atomic mass is 9.83. The van der Waals surface area contributed by atoms with Gasteiger partial charge in [0, 0.05) is 12.0 Å². The van der Waals surface area contributed by atoms with E-state index < -0.39 is 5.41 Å². The minimum absolute atomic E-state index is 0.00641. The van der Waals surface area contributed by atoms with Crippen LogP contribution in [0.4, 0.5) is 0 Å². The molecule has 1 amide bonds. The number of nitrogens with one attached hydrogen (secondary N) is 1. The van der Waals surface area contributed by atoms with E-state index in [1.54, 1.807) is 0 Å². The Hall–Kier alpha value is -1.55. The van der Waals surface area contributed by atoms with Gasteiger partial charge in [0.15, 0.2) is 0 Å². The van der Waals surface area contributed by atoms with E-state index in [1.165, 1.54) is 0 Å². The molecular weight excluding hydrogens is 290 g/mol. The van der Waals surface area contributed by atoms with Crippen molar-refractivity contribution in [2.75, 3.05) is 19.8 Å². The minimum Gasteiger partial charge on any atom is -0.493 e. The molecule has 0 radical (unpaired) electrons. The van der Waals surface area contributed by atoms with Gasteiger partial charge in [0.1, 0.15) is 5.75 Å². The quantitative estimate of drug-likeness (QED) is 0.774. The number of rotatable bonds is 8. The second-order valence-electron chi connectivity index (χ2n) is 7.70. The van der Waals surface area contributed by atoms with E-state index in [-0.39, 0.29) is 17.9 Å². The van der Waals surface area contributed by atoms with Crippen molar-refractivity contribution >= 4 is 5.91 Å². The van der Waals surface area contributed by atoms with Crippen LogP contribution >= 0.6 is 0 Å². The maximum atomic E-state index is 12.5. The van der Waals surface area contributed by atoms with Crippen molar-refractivity contribution in [3.8, 4) is 5.75 Å². The van der Waals surface area contributed by atoms with E-state index in [1.807, 2.05) is 38.1 Å². The van der Waals surface area contributed by atoms with Crippen molar-refractivity contribution in [3.05, 3.63) is 29.8 Å². The summed E-state index contributed by atoms with van der Waals surface area (Å²) in [5.41, 5.74) is 0.281. The molecule has 0 spiro atoms. The predicted molar refractivity (Wildman–Crippen MR) is 91.6 cm³/mol. The molecule has 2 N–H and O–H groups in total. The summed E-state index contributed by atoms with van der Waals surface area (Å²) in [4.78, 5) is 12.5. The van der Waals surface area contributed by atoms with Gasteiger partial charge in [-0.15, -0.1) is 0 Å². The van der Waals surface area contributed by atoms with Crippen LogP contribution in [0.15, 0.2) is 24.3 Å². The van der Waals surface area contributed by atoms with E-state index in [0.717, 1.165) is 24.2 Å². The van der Waals surface area contributed by atoms with Crippen LogP contribution in [-0.2, 0) is 10.2 Å². The molecule has 0 unspecified atom stereocenters. The second kappa shape index (κ2) is 6.91. The lowest BCUT2D eigenvalue weighted by Crippen LogP contribution is -2.43. The van der Waals surface area contributed by atoms with Crippen LogP contribution in [0.5, 0.6) is 5.75 Å². The van der Waals surface area contributed by atoms with Gasteiger partial charge in [-0.3, -0.25) is 4.79 Å². The number of aliphatic hydroxyl groups is 1. The third kappa shape index (κ3) is 4.47. The molecule has 23 heavy (non-hydrogen) atoms. The summed E-state index contributed by atoms with van der Waals surface area (Å²) in [5.74, 6) is 1.31. The summed E-state index contributed by atoms with van der Waals surface area (Å²) < 4.78 is 5.68. The van der Waals surface area contributed by atoms with Crippen molar-refractivity contribution in [2.24, 2.45) is 11.3 Å². The zero-order valence-electron chi connectivity index (χ0n) is 14.7. The van der Waals surface area contributed by atoms with Gasteiger partial charge in [-0.2, -0.15) is 0 Å². The number of ether oxygens (including phenoxy) is 1. The summed E-state index contributed by atoms with van der Waals surface area (Å²) in [6.07, 6.45) is 1.98. The summed E-state index contributed by atoms with van der Waals surface area (Å²) in [6, 6.07) is 7.74. The average molecular weight is 319 g/mol. The Morgan fingerprint density at radius 3 is 2.39 bits per heavy atom. The van der Waals surface area contributed by atoms with Crippen molar-refractivity contribution in [2.45, 2.75) is 46.0 Å². The highest BCUT2D eigenvalue weighted by Crippen LogP contribution is 2.44. The molecular formula is C19H29NO3. The molecule has 4 nitrogen and oxygen atoms in total. The first-order valence-corrected chi connectivity index (χ1v) is 8.42. The van der Waals surface area contributed by atoms with Gasteiger partial charge < -0.3 is 15.2 Å². The standard InChI is InChI=1S/C19H29NO3/c1-14(2)11-23-16-7-5-15(6-8-16)18(3,4)17(22)20-12-19(13-21)9-10-19/h5-8,14,21H,9-13H2,1-4H3,(H,20,22). The molecule has 1 aromatic carbocycles. The predicted octanol–water partition coefficient (Wildman–Crippen LogP) is 2.89. The lowest BCUT2D eigenvalue weighted by molar-refractivity contribution is -0.126. The molecule has 1 aliphatic rings. The van der Waals surface area contributed by atoms with E-state index in [2.05, 4.69) is 19.2 Å². The van der Waals surface area contributed by atoms with Crippen molar-refractivity contribution in [1.29, 1.82) is 0 Å². The van der Waals surface area contributed by atoms with Crippen LogP contribution in [0.1, 0.15) is 46.1 Å². The van der Waals surface area contributed by atoms with Gasteiger partial charge in [-0.25, -0.2) is 0 Å². The van der Waals surface area contributed by atoms with E-state index in [0.29, 0.717) is 19.1 Å². The summed E-state index contributed by atoms with van der Waals surface area (Å²) >= 11 is 0. The number of carbonyl (C=O) groups is 1. The Labute approximate surface area is 139 Å². The molecule has 2 rings (SSSR count). The number of amides is 1. The van der Waals surface area contributed by atoms with Crippen LogP contribution in [0, 0.1) is 11.3 Å². The van der Waals surface area contributed by atoms with E-state index in [9.17, 15) is 9.90 Å². The Bertz CT molecular complexity index is 530. The van der Waals surface area contributed by atoms with Gasteiger partial charge in [-0.1, -0.05) is 26.0 Å². The van der Waals surface area contributed by atoms with Gasteiger partial charge in [0.25, 0.3) is 0 Å². The zero-order chi connectivity index (χ0) is 17.1. The molecule has 0 aliphatic heterocycles. The van der Waals surface area contributed by atoms with Crippen LogP contribution < -0.4 is 10.1 Å². The van der Waals surface area contributed by atoms with E-state index in [4.69, 9.17) is 4.74 Å². The maximum Gasteiger partial charge on any atom is 0.230 e. The fourth-order valence-corrected chi connectivity index (χ4v) is 2.42. The van der Waals surface area contributed by atoms with Gasteiger partial charge in [0.2, 0.25) is 5.91 Å². The van der Waals surface area contributed by atoms with Crippen LogP contribution in [0.25, 0.3) is 0 Å². The Morgan fingerprint density at radius 1 is 1.30 bits per heavy atom. The van der Waals surface area contributed by atoms with E-state index >= 15 is 0 Å². The van der Waals surface area contributed by atoms with Crippen LogP contribution in [0.3, 0.4) is 0 Å². The molecule has 1 saturated carbocycles. The summed E-state index contributed by atoms with van der Waals surface area (Å²) in [7, 11) is 0. The molecule has 4 heteroatoms. The largest absolute Gasteiger partial charge is 0.493 e. The van der Waals surface area contributed by atoms with Gasteiger partial charge >= 0.3 is 0 Å². The number of benzene rings is 1. The summed E-state index contributed by atoms with van der Waals surface area (Å²) in [6.45, 7) is 9.46.